The van der Waals surface area contributed by atoms with Gasteiger partial charge >= 0.3 is 0 Å². The van der Waals surface area contributed by atoms with Crippen LogP contribution in [0.2, 0.25) is 0 Å². The van der Waals surface area contributed by atoms with E-state index in [9.17, 15) is 4.39 Å². The fourth-order valence-corrected chi connectivity index (χ4v) is 1.85. The molecule has 2 nitrogen and oxygen atoms in total. The molecule has 0 N–H and O–H groups in total. The van der Waals surface area contributed by atoms with E-state index >= 15 is 0 Å². The van der Waals surface area contributed by atoms with Crippen LogP contribution < -0.4 is 0 Å². The van der Waals surface area contributed by atoms with E-state index in [1.807, 2.05) is 6.07 Å². The summed E-state index contributed by atoms with van der Waals surface area (Å²) in [6, 6.07) is 12.0. The zero-order chi connectivity index (χ0) is 13.0. The van der Waals surface area contributed by atoms with E-state index in [1.54, 1.807) is 36.5 Å². The molecule has 0 amide bonds. The van der Waals surface area contributed by atoms with Crippen LogP contribution in [0, 0.1) is 17.1 Å². The number of nitriles is 1. The van der Waals surface area contributed by atoms with Crippen molar-refractivity contribution in [2.75, 3.05) is 0 Å². The third-order valence-corrected chi connectivity index (χ3v) is 2.92. The lowest BCUT2D eigenvalue weighted by molar-refractivity contribution is 0.621. The Morgan fingerprint density at radius 2 is 2.17 bits per heavy atom. The molecule has 88 valence electrons. The van der Waals surface area contributed by atoms with Gasteiger partial charge in [0.05, 0.1) is 15.7 Å². The summed E-state index contributed by atoms with van der Waals surface area (Å²) >= 11 is 3.11. The van der Waals surface area contributed by atoms with Crippen molar-refractivity contribution in [3.63, 3.8) is 0 Å². The molecule has 0 aliphatic heterocycles. The van der Waals surface area contributed by atoms with Crippen molar-refractivity contribution in [3.05, 3.63) is 64.1 Å². The molecule has 0 aliphatic carbocycles. The SMILES string of the molecule is N#C/C(=C\c1ccc(F)c(Br)c1)c1ccccn1. The number of halogens is 2. The van der Waals surface area contributed by atoms with E-state index in [0.29, 0.717) is 15.7 Å². The highest BCUT2D eigenvalue weighted by Crippen LogP contribution is 2.20. The third-order valence-electron chi connectivity index (χ3n) is 2.32. The van der Waals surface area contributed by atoms with Gasteiger partial charge in [-0.15, -0.1) is 0 Å². The second-order valence-corrected chi connectivity index (χ2v) is 4.41. The van der Waals surface area contributed by atoms with Crippen molar-refractivity contribution in [2.45, 2.75) is 0 Å². The molecule has 2 rings (SSSR count). The first kappa shape index (κ1) is 12.5. The van der Waals surface area contributed by atoms with Gasteiger partial charge in [0, 0.05) is 6.20 Å². The van der Waals surface area contributed by atoms with Gasteiger partial charge in [0.25, 0.3) is 0 Å². The van der Waals surface area contributed by atoms with Crippen LogP contribution >= 0.6 is 15.9 Å². The van der Waals surface area contributed by atoms with Gasteiger partial charge in [-0.25, -0.2) is 4.39 Å². The topological polar surface area (TPSA) is 36.7 Å². The maximum absolute atomic E-state index is 13.1. The molecular formula is C14H8BrFN2. The number of benzene rings is 1. The van der Waals surface area contributed by atoms with E-state index in [2.05, 4.69) is 27.0 Å². The average molecular weight is 303 g/mol. The maximum Gasteiger partial charge on any atom is 0.137 e. The Morgan fingerprint density at radius 1 is 1.33 bits per heavy atom. The van der Waals surface area contributed by atoms with Crippen LogP contribution in [0.4, 0.5) is 4.39 Å². The summed E-state index contributed by atoms with van der Waals surface area (Å²) < 4.78 is 13.5. The van der Waals surface area contributed by atoms with Crippen LogP contribution in [-0.4, -0.2) is 4.98 Å². The van der Waals surface area contributed by atoms with Gasteiger partial charge in [-0.05, 0) is 51.8 Å². The molecule has 4 heteroatoms. The first-order valence-electron chi connectivity index (χ1n) is 5.19. The fourth-order valence-electron chi connectivity index (χ4n) is 1.45. The predicted molar refractivity (Wildman–Crippen MR) is 71.8 cm³/mol. The number of allylic oxidation sites excluding steroid dienone is 1. The number of hydrogen-bond donors (Lipinski definition) is 0. The lowest BCUT2D eigenvalue weighted by atomic mass is 10.1. The molecule has 0 fully saturated rings. The Morgan fingerprint density at radius 3 is 2.78 bits per heavy atom. The Bertz CT molecular complexity index is 630. The molecule has 0 saturated carbocycles. The Labute approximate surface area is 113 Å². The first-order chi connectivity index (χ1) is 8.70. The maximum atomic E-state index is 13.1. The minimum absolute atomic E-state index is 0.330. The van der Waals surface area contributed by atoms with Crippen LogP contribution in [0.25, 0.3) is 11.6 Å². The lowest BCUT2D eigenvalue weighted by Gasteiger charge is -2.00. The highest BCUT2D eigenvalue weighted by Gasteiger charge is 2.03. The third kappa shape index (κ3) is 2.82. The van der Waals surface area contributed by atoms with E-state index < -0.39 is 0 Å². The molecule has 0 radical (unpaired) electrons. The van der Waals surface area contributed by atoms with Crippen LogP contribution in [0.1, 0.15) is 11.3 Å². The van der Waals surface area contributed by atoms with E-state index in [0.717, 1.165) is 5.56 Å². The highest BCUT2D eigenvalue weighted by atomic mass is 79.9. The second kappa shape index (κ2) is 5.56. The molecule has 18 heavy (non-hydrogen) atoms. The largest absolute Gasteiger partial charge is 0.256 e. The summed E-state index contributed by atoms with van der Waals surface area (Å²) in [5.41, 5.74) is 1.78. The van der Waals surface area contributed by atoms with Crippen molar-refractivity contribution in [3.8, 4) is 6.07 Å². The summed E-state index contributed by atoms with van der Waals surface area (Å²) in [7, 11) is 0. The average Bonchev–Trinajstić information content (AvgIpc) is 2.41. The van der Waals surface area contributed by atoms with Crippen LogP contribution in [0.5, 0.6) is 0 Å². The minimum Gasteiger partial charge on any atom is -0.256 e. The summed E-state index contributed by atoms with van der Waals surface area (Å²) in [4.78, 5) is 4.11. The molecule has 0 saturated heterocycles. The molecule has 1 aromatic heterocycles. The second-order valence-electron chi connectivity index (χ2n) is 3.56. The van der Waals surface area contributed by atoms with Crippen LogP contribution in [0.3, 0.4) is 0 Å². The van der Waals surface area contributed by atoms with Gasteiger partial charge in [0.1, 0.15) is 11.9 Å². The first-order valence-corrected chi connectivity index (χ1v) is 5.98. The smallest absolute Gasteiger partial charge is 0.137 e. The van der Waals surface area contributed by atoms with E-state index in [4.69, 9.17) is 5.26 Å². The molecule has 2 aromatic rings. The molecule has 0 atom stereocenters. The van der Waals surface area contributed by atoms with Crippen LogP contribution in [-0.2, 0) is 0 Å². The molecule has 1 heterocycles. The molecule has 1 aromatic carbocycles. The zero-order valence-electron chi connectivity index (χ0n) is 9.27. The van der Waals surface area contributed by atoms with Gasteiger partial charge in [-0.2, -0.15) is 5.26 Å². The lowest BCUT2D eigenvalue weighted by Crippen LogP contribution is -1.86. The monoisotopic (exact) mass is 302 g/mol. The molecule has 0 unspecified atom stereocenters. The molecule has 0 bridgehead atoms. The number of rotatable bonds is 2. The predicted octanol–water partition coefficient (Wildman–Crippen LogP) is 4.05. The molecule has 0 spiro atoms. The number of pyridine rings is 1. The van der Waals surface area contributed by atoms with Gasteiger partial charge in [0.15, 0.2) is 0 Å². The summed E-state index contributed by atoms with van der Waals surface area (Å²) in [5.74, 6) is -0.330. The standard InChI is InChI=1S/C14H8BrFN2/c15-12-8-10(4-5-13(12)16)7-11(9-17)14-3-1-2-6-18-14/h1-8H/b11-7+. The van der Waals surface area contributed by atoms with Crippen molar-refractivity contribution in [1.29, 1.82) is 5.26 Å². The number of aromatic nitrogens is 1. The normalized spacial score (nSPS) is 11.1. The Kier molecular flexibility index (Phi) is 3.85. The van der Waals surface area contributed by atoms with Gasteiger partial charge in [-0.1, -0.05) is 12.1 Å². The highest BCUT2D eigenvalue weighted by molar-refractivity contribution is 9.10. The van der Waals surface area contributed by atoms with Gasteiger partial charge < -0.3 is 0 Å². The van der Waals surface area contributed by atoms with E-state index in [1.165, 1.54) is 6.07 Å². The Hall–Kier alpha value is -1.99. The molecular weight excluding hydrogens is 295 g/mol. The zero-order valence-corrected chi connectivity index (χ0v) is 10.9. The van der Waals surface area contributed by atoms with Crippen molar-refractivity contribution in [2.24, 2.45) is 0 Å². The fraction of sp³-hybridized carbons (Fsp3) is 0. The van der Waals surface area contributed by atoms with Crippen molar-refractivity contribution < 1.29 is 4.39 Å². The van der Waals surface area contributed by atoms with Crippen molar-refractivity contribution >= 4 is 27.6 Å². The van der Waals surface area contributed by atoms with Crippen molar-refractivity contribution in [1.82, 2.24) is 4.98 Å². The van der Waals surface area contributed by atoms with Gasteiger partial charge in [-0.3, -0.25) is 4.98 Å². The van der Waals surface area contributed by atoms with E-state index in [-0.39, 0.29) is 5.82 Å². The molecule has 0 aliphatic rings. The summed E-state index contributed by atoms with van der Waals surface area (Å²) in [5, 5.41) is 9.12. The van der Waals surface area contributed by atoms with Gasteiger partial charge in [0.2, 0.25) is 0 Å². The summed E-state index contributed by atoms with van der Waals surface area (Å²) in [6.45, 7) is 0. The Balaban J connectivity index is 2.42. The quantitative estimate of drug-likeness (QED) is 0.785. The summed E-state index contributed by atoms with van der Waals surface area (Å²) in [6.07, 6.45) is 3.30. The minimum atomic E-state index is -0.330. The van der Waals surface area contributed by atoms with Crippen LogP contribution in [0.15, 0.2) is 47.1 Å². The number of nitrogens with zero attached hydrogens (tertiary/aromatic N) is 2. The number of hydrogen-bond acceptors (Lipinski definition) is 2.